The van der Waals surface area contributed by atoms with Crippen LogP contribution in [0.1, 0.15) is 40.5 Å². The van der Waals surface area contributed by atoms with Gasteiger partial charge in [0, 0.05) is 25.7 Å². The predicted molar refractivity (Wildman–Crippen MR) is 75.2 cm³/mol. The molecule has 0 aromatic carbocycles. The maximum absolute atomic E-state index is 11.8. The van der Waals surface area contributed by atoms with Crippen molar-refractivity contribution in [3.8, 4) is 0 Å². The zero-order chi connectivity index (χ0) is 14.5. The topological polar surface area (TPSA) is 59.6 Å². The van der Waals surface area contributed by atoms with Gasteiger partial charge in [-0.2, -0.15) is 0 Å². The van der Waals surface area contributed by atoms with E-state index in [4.69, 9.17) is 9.47 Å². The van der Waals surface area contributed by atoms with E-state index >= 15 is 0 Å². The second-order valence-corrected chi connectivity index (χ2v) is 6.35. The van der Waals surface area contributed by atoms with Crippen LogP contribution < -0.4 is 10.6 Å². The molecule has 5 heteroatoms. The molecule has 0 aromatic heterocycles. The molecule has 1 rings (SSSR count). The Bertz CT molecular complexity index is 285. The fourth-order valence-electron chi connectivity index (χ4n) is 1.93. The van der Waals surface area contributed by atoms with Gasteiger partial charge in [0.25, 0.3) is 0 Å². The highest BCUT2D eigenvalue weighted by Gasteiger charge is 2.33. The molecular formula is C14H28N2O3. The quantitative estimate of drug-likeness (QED) is 0.743. The summed E-state index contributed by atoms with van der Waals surface area (Å²) in [7, 11) is 1.69. The molecule has 1 saturated carbocycles. The molecule has 2 unspecified atom stereocenters. The van der Waals surface area contributed by atoms with Gasteiger partial charge in [-0.1, -0.05) is 0 Å². The number of nitrogens with one attached hydrogen (secondary N) is 2. The van der Waals surface area contributed by atoms with Crippen LogP contribution in [0.5, 0.6) is 0 Å². The van der Waals surface area contributed by atoms with Crippen LogP contribution in [-0.2, 0) is 9.47 Å². The van der Waals surface area contributed by atoms with Gasteiger partial charge in [0.15, 0.2) is 0 Å². The molecule has 0 radical (unpaired) electrons. The Kier molecular flexibility index (Phi) is 6.07. The van der Waals surface area contributed by atoms with Crippen molar-refractivity contribution in [2.24, 2.45) is 5.92 Å². The number of carbonyl (C=O) groups excluding carboxylic acids is 1. The summed E-state index contributed by atoms with van der Waals surface area (Å²) in [6.45, 7) is 9.12. The summed E-state index contributed by atoms with van der Waals surface area (Å²) in [5.74, 6) is 0.578. The molecule has 19 heavy (non-hydrogen) atoms. The van der Waals surface area contributed by atoms with Crippen molar-refractivity contribution in [2.45, 2.75) is 58.2 Å². The van der Waals surface area contributed by atoms with E-state index in [0.717, 1.165) is 6.54 Å². The van der Waals surface area contributed by atoms with E-state index < -0.39 is 5.60 Å². The summed E-state index contributed by atoms with van der Waals surface area (Å²) < 4.78 is 10.4. The SMILES string of the molecule is COCC(C)NCC(NC(=O)OC(C)(C)C)C1CC1. The third kappa shape index (κ3) is 7.38. The highest BCUT2D eigenvalue weighted by Crippen LogP contribution is 2.32. The highest BCUT2D eigenvalue weighted by atomic mass is 16.6. The molecule has 0 spiro atoms. The van der Waals surface area contributed by atoms with Crippen molar-refractivity contribution in [3.05, 3.63) is 0 Å². The number of methoxy groups -OCH3 is 1. The van der Waals surface area contributed by atoms with Gasteiger partial charge in [0.05, 0.1) is 6.61 Å². The monoisotopic (exact) mass is 272 g/mol. The minimum Gasteiger partial charge on any atom is -0.444 e. The van der Waals surface area contributed by atoms with E-state index in [2.05, 4.69) is 17.6 Å². The second kappa shape index (κ2) is 7.10. The Balaban J connectivity index is 2.34. The van der Waals surface area contributed by atoms with Crippen molar-refractivity contribution in [1.82, 2.24) is 10.6 Å². The summed E-state index contributed by atoms with van der Waals surface area (Å²) in [6, 6.07) is 0.431. The van der Waals surface area contributed by atoms with E-state index in [0.29, 0.717) is 12.5 Å². The van der Waals surface area contributed by atoms with E-state index in [1.165, 1.54) is 12.8 Å². The second-order valence-electron chi connectivity index (χ2n) is 6.35. The number of carbonyl (C=O) groups is 1. The zero-order valence-electron chi connectivity index (χ0n) is 12.8. The van der Waals surface area contributed by atoms with Crippen molar-refractivity contribution >= 4 is 6.09 Å². The van der Waals surface area contributed by atoms with Gasteiger partial charge < -0.3 is 20.1 Å². The average Bonchev–Trinajstić information content (AvgIpc) is 3.05. The molecular weight excluding hydrogens is 244 g/mol. The summed E-state index contributed by atoms with van der Waals surface area (Å²) in [4.78, 5) is 11.8. The Morgan fingerprint density at radius 3 is 2.47 bits per heavy atom. The summed E-state index contributed by atoms with van der Waals surface area (Å²) in [6.07, 6.45) is 2.03. The minimum atomic E-state index is -0.449. The molecule has 0 aromatic rings. The zero-order valence-corrected chi connectivity index (χ0v) is 12.8. The lowest BCUT2D eigenvalue weighted by molar-refractivity contribution is 0.0495. The molecule has 2 N–H and O–H groups in total. The third-order valence-electron chi connectivity index (χ3n) is 3.00. The fraction of sp³-hybridized carbons (Fsp3) is 0.929. The van der Waals surface area contributed by atoms with Crippen LogP contribution >= 0.6 is 0 Å². The van der Waals surface area contributed by atoms with Crippen LogP contribution in [-0.4, -0.2) is 44.0 Å². The first-order valence-corrected chi connectivity index (χ1v) is 7.03. The van der Waals surface area contributed by atoms with E-state index in [1.807, 2.05) is 20.8 Å². The highest BCUT2D eigenvalue weighted by molar-refractivity contribution is 5.68. The van der Waals surface area contributed by atoms with Gasteiger partial charge in [-0.15, -0.1) is 0 Å². The van der Waals surface area contributed by atoms with Crippen LogP contribution in [0.3, 0.4) is 0 Å². The first-order chi connectivity index (χ1) is 8.81. The van der Waals surface area contributed by atoms with Crippen LogP contribution in [0.25, 0.3) is 0 Å². The van der Waals surface area contributed by atoms with Gasteiger partial charge in [-0.3, -0.25) is 0 Å². The molecule has 0 saturated heterocycles. The van der Waals surface area contributed by atoms with Crippen LogP contribution in [0.2, 0.25) is 0 Å². The minimum absolute atomic E-state index is 0.147. The van der Waals surface area contributed by atoms with Crippen molar-refractivity contribution in [2.75, 3.05) is 20.3 Å². The van der Waals surface area contributed by atoms with Gasteiger partial charge in [-0.25, -0.2) is 4.79 Å². The molecule has 112 valence electrons. The Morgan fingerprint density at radius 1 is 1.37 bits per heavy atom. The normalized spacial score (nSPS) is 18.8. The summed E-state index contributed by atoms with van der Waals surface area (Å²) in [5.41, 5.74) is -0.449. The number of alkyl carbamates (subject to hydrolysis) is 1. The smallest absolute Gasteiger partial charge is 0.407 e. The molecule has 5 nitrogen and oxygen atoms in total. The molecule has 0 heterocycles. The van der Waals surface area contributed by atoms with E-state index in [1.54, 1.807) is 7.11 Å². The molecule has 2 atom stereocenters. The lowest BCUT2D eigenvalue weighted by Crippen LogP contribution is -2.47. The molecule has 0 aliphatic heterocycles. The Hall–Kier alpha value is -0.810. The summed E-state index contributed by atoms with van der Waals surface area (Å²) in [5, 5.41) is 6.35. The number of hydrogen-bond donors (Lipinski definition) is 2. The Labute approximate surface area is 116 Å². The van der Waals surface area contributed by atoms with Crippen molar-refractivity contribution < 1.29 is 14.3 Å². The number of rotatable bonds is 7. The van der Waals surface area contributed by atoms with Crippen molar-refractivity contribution in [3.63, 3.8) is 0 Å². The largest absolute Gasteiger partial charge is 0.444 e. The van der Waals surface area contributed by atoms with E-state index in [-0.39, 0.29) is 18.2 Å². The van der Waals surface area contributed by atoms with Gasteiger partial charge >= 0.3 is 6.09 Å². The molecule has 1 fully saturated rings. The standard InChI is InChI=1S/C14H28N2O3/c1-10(9-18-5)15-8-12(11-6-7-11)16-13(17)19-14(2,3)4/h10-12,15H,6-9H2,1-5H3,(H,16,17). The lowest BCUT2D eigenvalue weighted by Gasteiger charge is -2.25. The third-order valence-corrected chi connectivity index (χ3v) is 3.00. The maximum atomic E-state index is 11.8. The molecule has 1 aliphatic carbocycles. The number of amides is 1. The first-order valence-electron chi connectivity index (χ1n) is 7.03. The molecule has 1 aliphatic rings. The first kappa shape index (κ1) is 16.2. The molecule has 1 amide bonds. The van der Waals surface area contributed by atoms with Crippen molar-refractivity contribution in [1.29, 1.82) is 0 Å². The Morgan fingerprint density at radius 2 is 2.00 bits per heavy atom. The van der Waals surface area contributed by atoms with Crippen LogP contribution in [0.15, 0.2) is 0 Å². The maximum Gasteiger partial charge on any atom is 0.407 e. The summed E-state index contributed by atoms with van der Waals surface area (Å²) >= 11 is 0. The number of hydrogen-bond acceptors (Lipinski definition) is 4. The van der Waals surface area contributed by atoms with E-state index in [9.17, 15) is 4.79 Å². The fourth-order valence-corrected chi connectivity index (χ4v) is 1.93. The van der Waals surface area contributed by atoms with Gasteiger partial charge in [0.1, 0.15) is 5.60 Å². The molecule has 0 bridgehead atoms. The number of ether oxygens (including phenoxy) is 2. The van der Waals surface area contributed by atoms with Crippen LogP contribution in [0.4, 0.5) is 4.79 Å². The average molecular weight is 272 g/mol. The van der Waals surface area contributed by atoms with Gasteiger partial charge in [0.2, 0.25) is 0 Å². The predicted octanol–water partition coefficient (Wildman–Crippen LogP) is 1.91. The lowest BCUT2D eigenvalue weighted by atomic mass is 10.1. The van der Waals surface area contributed by atoms with Gasteiger partial charge in [-0.05, 0) is 46.5 Å². The van der Waals surface area contributed by atoms with Crippen LogP contribution in [0, 0.1) is 5.92 Å².